The van der Waals surface area contributed by atoms with Crippen LogP contribution in [-0.2, 0) is 9.53 Å². The number of esters is 1. The van der Waals surface area contributed by atoms with Crippen LogP contribution in [0.5, 0.6) is 0 Å². The van der Waals surface area contributed by atoms with E-state index in [0.717, 1.165) is 0 Å². The molecule has 0 saturated heterocycles. The molecule has 2 rings (SSSR count). The van der Waals surface area contributed by atoms with Crippen molar-refractivity contribution in [2.75, 3.05) is 6.61 Å². The van der Waals surface area contributed by atoms with Crippen molar-refractivity contribution in [3.8, 4) is 0 Å². The monoisotopic (exact) mass is 371 g/mol. The third kappa shape index (κ3) is 3.66. The first-order valence-electron chi connectivity index (χ1n) is 6.85. The number of amides is 2. The molecule has 120 valence electrons. The van der Waals surface area contributed by atoms with Gasteiger partial charge in [0, 0.05) is 6.04 Å². The number of nitrogens with one attached hydrogen (secondary N) is 3. The number of aliphatic imine (C=N–C) groups is 1. The predicted molar refractivity (Wildman–Crippen MR) is 84.7 cm³/mol. The number of hydrogen-bond donors (Lipinski definition) is 3. The third-order valence-corrected chi connectivity index (χ3v) is 3.23. The summed E-state index contributed by atoms with van der Waals surface area (Å²) in [5, 5.41) is 6.81. The summed E-state index contributed by atoms with van der Waals surface area (Å²) in [7, 11) is 0. The molecule has 2 heterocycles. The van der Waals surface area contributed by atoms with E-state index in [4.69, 9.17) is 4.74 Å². The number of halogens is 1. The van der Waals surface area contributed by atoms with Gasteiger partial charge in [-0.25, -0.2) is 19.6 Å². The SMILES string of the molecule is CCOC(=O)C1=CC=CC2=NC(Br)(NC(=O)NC(C)C)NN12. The predicted octanol–water partition coefficient (Wildman–Crippen LogP) is 0.936. The number of rotatable bonds is 4. The number of amidine groups is 1. The first-order valence-corrected chi connectivity index (χ1v) is 7.65. The van der Waals surface area contributed by atoms with Crippen molar-refractivity contribution in [1.82, 2.24) is 21.1 Å². The van der Waals surface area contributed by atoms with Crippen molar-refractivity contribution in [2.24, 2.45) is 4.99 Å². The molecular formula is C13H18BrN5O3. The lowest BCUT2D eigenvalue weighted by Gasteiger charge is -2.27. The maximum atomic E-state index is 11.9. The molecule has 9 heteroatoms. The Morgan fingerprint density at radius 1 is 1.55 bits per heavy atom. The summed E-state index contributed by atoms with van der Waals surface area (Å²) in [5.74, 6) is 0.00251. The standard InChI is InChI=1S/C13H18BrN5O3/c1-4-22-11(20)9-6-5-7-10-16-13(14,18-19(9)10)17-12(21)15-8(2)3/h5-8,18H,4H2,1-3H3,(H2,15,17,21). The van der Waals surface area contributed by atoms with Crippen LogP contribution in [-0.4, -0.2) is 40.2 Å². The summed E-state index contributed by atoms with van der Waals surface area (Å²) in [5.41, 5.74) is 3.20. The number of carbonyl (C=O) groups is 2. The van der Waals surface area contributed by atoms with Crippen molar-refractivity contribution in [3.63, 3.8) is 0 Å². The number of allylic oxidation sites excluding steroid dienone is 2. The van der Waals surface area contributed by atoms with Gasteiger partial charge in [-0.2, -0.15) is 5.43 Å². The number of hydrazine groups is 1. The Bertz CT molecular complexity index is 572. The summed E-state index contributed by atoms with van der Waals surface area (Å²) in [6, 6.07) is -0.406. The topological polar surface area (TPSA) is 95.1 Å². The quantitative estimate of drug-likeness (QED) is 0.388. The van der Waals surface area contributed by atoms with E-state index in [1.54, 1.807) is 25.2 Å². The molecular weight excluding hydrogens is 354 g/mol. The van der Waals surface area contributed by atoms with Gasteiger partial charge in [0.25, 0.3) is 4.70 Å². The van der Waals surface area contributed by atoms with E-state index in [9.17, 15) is 9.59 Å². The van der Waals surface area contributed by atoms with Gasteiger partial charge in [-0.1, -0.05) is 6.08 Å². The van der Waals surface area contributed by atoms with Crippen LogP contribution in [0.25, 0.3) is 0 Å². The van der Waals surface area contributed by atoms with Gasteiger partial charge >= 0.3 is 12.0 Å². The Hall–Kier alpha value is -1.87. The first kappa shape index (κ1) is 16.5. The number of nitrogens with zero attached hydrogens (tertiary/aromatic N) is 2. The minimum Gasteiger partial charge on any atom is -0.461 e. The molecule has 0 aromatic rings. The molecule has 2 aliphatic rings. The van der Waals surface area contributed by atoms with E-state index in [2.05, 4.69) is 37.0 Å². The fourth-order valence-corrected chi connectivity index (χ4v) is 2.44. The number of carbonyl (C=O) groups excluding carboxylic acids is 2. The fraction of sp³-hybridized carbons (Fsp3) is 0.462. The van der Waals surface area contributed by atoms with E-state index in [1.165, 1.54) is 5.01 Å². The highest BCUT2D eigenvalue weighted by Gasteiger charge is 2.41. The van der Waals surface area contributed by atoms with Crippen LogP contribution in [0.1, 0.15) is 20.8 Å². The van der Waals surface area contributed by atoms with Crippen LogP contribution in [0.4, 0.5) is 4.79 Å². The lowest BCUT2D eigenvalue weighted by atomic mass is 10.2. The summed E-state index contributed by atoms with van der Waals surface area (Å²) in [6.45, 7) is 5.70. The second-order valence-electron chi connectivity index (χ2n) is 4.92. The second-order valence-corrected chi connectivity index (χ2v) is 6.07. The Labute approximate surface area is 136 Å². The zero-order valence-corrected chi connectivity index (χ0v) is 14.1. The van der Waals surface area contributed by atoms with E-state index < -0.39 is 16.7 Å². The van der Waals surface area contributed by atoms with Crippen molar-refractivity contribution in [1.29, 1.82) is 0 Å². The molecule has 0 saturated carbocycles. The van der Waals surface area contributed by atoms with E-state index in [0.29, 0.717) is 5.84 Å². The molecule has 2 aliphatic heterocycles. The number of fused-ring (bicyclic) bond motifs is 1. The van der Waals surface area contributed by atoms with Gasteiger partial charge in [0.1, 0.15) is 11.5 Å². The zero-order valence-electron chi connectivity index (χ0n) is 12.5. The normalized spacial score (nSPS) is 22.9. The van der Waals surface area contributed by atoms with Crippen LogP contribution in [0.2, 0.25) is 0 Å². The summed E-state index contributed by atoms with van der Waals surface area (Å²) in [4.78, 5) is 28.1. The molecule has 0 bridgehead atoms. The molecule has 0 fully saturated rings. The van der Waals surface area contributed by atoms with Crippen LogP contribution in [0.15, 0.2) is 28.9 Å². The number of alkyl halides is 1. The molecule has 2 amide bonds. The van der Waals surface area contributed by atoms with Crippen molar-refractivity contribution in [3.05, 3.63) is 23.9 Å². The van der Waals surface area contributed by atoms with Crippen molar-refractivity contribution in [2.45, 2.75) is 31.5 Å². The number of urea groups is 1. The second kappa shape index (κ2) is 6.49. The number of hydrogen-bond acceptors (Lipinski definition) is 6. The van der Waals surface area contributed by atoms with Crippen LogP contribution in [0.3, 0.4) is 0 Å². The fourth-order valence-electron chi connectivity index (χ4n) is 1.90. The largest absolute Gasteiger partial charge is 0.461 e. The smallest absolute Gasteiger partial charge is 0.356 e. The highest BCUT2D eigenvalue weighted by atomic mass is 79.9. The highest BCUT2D eigenvalue weighted by molar-refractivity contribution is 9.10. The van der Waals surface area contributed by atoms with E-state index in [1.807, 2.05) is 13.8 Å². The van der Waals surface area contributed by atoms with Crippen molar-refractivity contribution < 1.29 is 14.3 Å². The van der Waals surface area contributed by atoms with Crippen LogP contribution >= 0.6 is 15.9 Å². The zero-order chi connectivity index (χ0) is 16.3. The minimum absolute atomic E-state index is 0.0115. The van der Waals surface area contributed by atoms with E-state index >= 15 is 0 Å². The Kier molecular flexibility index (Phi) is 4.87. The highest BCUT2D eigenvalue weighted by Crippen LogP contribution is 2.25. The van der Waals surface area contributed by atoms with Gasteiger partial charge < -0.3 is 10.1 Å². The molecule has 3 N–H and O–H groups in total. The number of ether oxygens (including phenoxy) is 1. The van der Waals surface area contributed by atoms with E-state index in [-0.39, 0.29) is 18.3 Å². The lowest BCUT2D eigenvalue weighted by Crippen LogP contribution is -2.57. The molecule has 1 atom stereocenters. The maximum absolute atomic E-state index is 11.9. The molecule has 0 aliphatic carbocycles. The molecule has 0 aromatic heterocycles. The Balaban J connectivity index is 2.11. The average Bonchev–Trinajstić information content (AvgIpc) is 2.72. The molecule has 22 heavy (non-hydrogen) atoms. The Morgan fingerprint density at radius 2 is 2.27 bits per heavy atom. The van der Waals surface area contributed by atoms with Crippen LogP contribution in [0, 0.1) is 0 Å². The maximum Gasteiger partial charge on any atom is 0.356 e. The third-order valence-electron chi connectivity index (χ3n) is 2.68. The van der Waals surface area contributed by atoms with Crippen molar-refractivity contribution >= 4 is 33.8 Å². The summed E-state index contributed by atoms with van der Waals surface area (Å²) >= 11 is 3.32. The molecule has 0 radical (unpaired) electrons. The summed E-state index contributed by atoms with van der Waals surface area (Å²) in [6.07, 6.45) is 5.01. The average molecular weight is 372 g/mol. The minimum atomic E-state index is -1.23. The van der Waals surface area contributed by atoms with Gasteiger partial charge in [0.2, 0.25) is 0 Å². The lowest BCUT2D eigenvalue weighted by molar-refractivity contribution is -0.140. The Morgan fingerprint density at radius 3 is 2.91 bits per heavy atom. The van der Waals surface area contributed by atoms with Gasteiger partial charge in [-0.3, -0.25) is 5.32 Å². The molecule has 0 spiro atoms. The molecule has 0 aromatic carbocycles. The summed E-state index contributed by atoms with van der Waals surface area (Å²) < 4.78 is 3.76. The van der Waals surface area contributed by atoms with Gasteiger partial charge in [0.05, 0.1) is 6.61 Å². The van der Waals surface area contributed by atoms with Gasteiger partial charge in [-0.05, 0) is 48.9 Å². The molecule has 8 nitrogen and oxygen atoms in total. The van der Waals surface area contributed by atoms with Gasteiger partial charge in [-0.15, -0.1) is 0 Å². The van der Waals surface area contributed by atoms with Gasteiger partial charge in [0.15, 0.2) is 0 Å². The first-order chi connectivity index (χ1) is 10.3. The molecule has 1 unspecified atom stereocenters. The van der Waals surface area contributed by atoms with Crippen LogP contribution < -0.4 is 16.1 Å².